The Labute approximate surface area is 92.3 Å². The molecule has 84 valence electrons. The van der Waals surface area contributed by atoms with E-state index in [4.69, 9.17) is 0 Å². The number of amides is 1. The van der Waals surface area contributed by atoms with Crippen LogP contribution in [-0.4, -0.2) is 23.9 Å². The van der Waals surface area contributed by atoms with Gasteiger partial charge in [-0.3, -0.25) is 4.79 Å². The molecule has 0 saturated heterocycles. The normalized spacial score (nSPS) is 33.5. The molecule has 0 aromatic rings. The van der Waals surface area contributed by atoms with E-state index in [9.17, 15) is 4.79 Å². The molecular weight excluding hydrogens is 186 g/mol. The summed E-state index contributed by atoms with van der Waals surface area (Å²) in [5, 5.41) is 0. The fraction of sp³-hybridized carbons (Fsp3) is 0.769. The lowest BCUT2D eigenvalue weighted by molar-refractivity contribution is -0.140. The second kappa shape index (κ2) is 3.36. The van der Waals surface area contributed by atoms with Crippen LogP contribution in [0.15, 0.2) is 12.2 Å². The van der Waals surface area contributed by atoms with Crippen molar-refractivity contribution < 1.29 is 4.79 Å². The van der Waals surface area contributed by atoms with Gasteiger partial charge in [0, 0.05) is 18.5 Å². The maximum Gasteiger partial charge on any atom is 0.227 e. The molecule has 0 spiro atoms. The largest absolute Gasteiger partial charge is 0.342 e. The number of carbonyl (C=O) groups is 1. The van der Waals surface area contributed by atoms with Gasteiger partial charge in [-0.15, -0.1) is 0 Å². The van der Waals surface area contributed by atoms with Gasteiger partial charge >= 0.3 is 0 Å². The smallest absolute Gasteiger partial charge is 0.227 e. The van der Waals surface area contributed by atoms with Crippen LogP contribution in [0.1, 0.15) is 33.6 Å². The Morgan fingerprint density at radius 1 is 1.27 bits per heavy atom. The molecule has 0 aromatic heterocycles. The molecule has 2 aliphatic rings. The number of rotatable bonds is 1. The Hall–Kier alpha value is -0.790. The molecule has 2 rings (SSSR count). The molecule has 2 heteroatoms. The summed E-state index contributed by atoms with van der Waals surface area (Å²) in [6, 6.07) is 0.451. The van der Waals surface area contributed by atoms with Crippen molar-refractivity contribution in [3.05, 3.63) is 12.2 Å². The van der Waals surface area contributed by atoms with Crippen LogP contribution in [0.2, 0.25) is 0 Å². The summed E-state index contributed by atoms with van der Waals surface area (Å²) in [5.41, 5.74) is -0.250. The fourth-order valence-electron chi connectivity index (χ4n) is 2.88. The zero-order valence-electron chi connectivity index (χ0n) is 10.2. The van der Waals surface area contributed by atoms with Gasteiger partial charge in [0.05, 0.1) is 0 Å². The van der Waals surface area contributed by atoms with Gasteiger partial charge in [-0.05, 0) is 24.7 Å². The third-order valence-electron chi connectivity index (χ3n) is 3.70. The first-order chi connectivity index (χ1) is 6.89. The van der Waals surface area contributed by atoms with Crippen molar-refractivity contribution in [2.75, 3.05) is 7.05 Å². The van der Waals surface area contributed by atoms with Crippen LogP contribution in [0.4, 0.5) is 0 Å². The number of allylic oxidation sites excluding steroid dienone is 1. The summed E-state index contributed by atoms with van der Waals surface area (Å²) in [6.07, 6.45) is 7.04. The second-order valence-electron chi connectivity index (χ2n) is 6.01. The van der Waals surface area contributed by atoms with Gasteiger partial charge in [0.25, 0.3) is 0 Å². The Bertz CT molecular complexity index is 300. The highest BCUT2D eigenvalue weighted by atomic mass is 16.2. The third-order valence-corrected chi connectivity index (χ3v) is 3.70. The summed E-state index contributed by atoms with van der Waals surface area (Å²) in [5.74, 6) is 1.62. The van der Waals surface area contributed by atoms with Gasteiger partial charge in [0.2, 0.25) is 5.91 Å². The monoisotopic (exact) mass is 207 g/mol. The molecule has 2 bridgehead atoms. The highest BCUT2D eigenvalue weighted by Crippen LogP contribution is 2.42. The van der Waals surface area contributed by atoms with Gasteiger partial charge in [-0.1, -0.05) is 32.9 Å². The molecule has 2 aliphatic carbocycles. The third kappa shape index (κ3) is 1.82. The zero-order valence-corrected chi connectivity index (χ0v) is 10.2. The fourth-order valence-corrected chi connectivity index (χ4v) is 2.88. The first kappa shape index (κ1) is 10.7. The van der Waals surface area contributed by atoms with Crippen molar-refractivity contribution >= 4 is 5.91 Å². The number of carbonyl (C=O) groups excluding carboxylic acids is 1. The highest BCUT2D eigenvalue weighted by Gasteiger charge is 2.41. The van der Waals surface area contributed by atoms with Gasteiger partial charge < -0.3 is 4.90 Å². The van der Waals surface area contributed by atoms with E-state index in [1.54, 1.807) is 0 Å². The summed E-state index contributed by atoms with van der Waals surface area (Å²) in [6.45, 7) is 5.98. The quantitative estimate of drug-likeness (QED) is 0.605. The number of nitrogens with zero attached hydrogens (tertiary/aromatic N) is 1. The topological polar surface area (TPSA) is 20.3 Å². The van der Waals surface area contributed by atoms with Crippen LogP contribution in [-0.2, 0) is 4.79 Å². The van der Waals surface area contributed by atoms with Crippen molar-refractivity contribution in [3.63, 3.8) is 0 Å². The summed E-state index contributed by atoms with van der Waals surface area (Å²) < 4.78 is 0. The molecule has 0 unspecified atom stereocenters. The SMILES string of the molecule is CN(C(=O)C(C)(C)C)[C@@H]1C[C@@H]2C=C[C@@H]1C2. The van der Waals surface area contributed by atoms with Crippen LogP contribution in [0, 0.1) is 17.3 Å². The molecular formula is C13H21NO. The number of hydrogen-bond donors (Lipinski definition) is 0. The van der Waals surface area contributed by atoms with E-state index in [0.717, 1.165) is 5.92 Å². The molecule has 0 radical (unpaired) electrons. The van der Waals surface area contributed by atoms with Crippen molar-refractivity contribution in [1.82, 2.24) is 4.90 Å². The van der Waals surface area contributed by atoms with E-state index in [2.05, 4.69) is 12.2 Å². The zero-order chi connectivity index (χ0) is 11.2. The maximum atomic E-state index is 12.1. The van der Waals surface area contributed by atoms with Crippen molar-refractivity contribution in [1.29, 1.82) is 0 Å². The number of hydrogen-bond acceptors (Lipinski definition) is 1. The predicted octanol–water partition coefficient (Wildman–Crippen LogP) is 2.46. The van der Waals surface area contributed by atoms with E-state index in [1.165, 1.54) is 12.8 Å². The first-order valence-electron chi connectivity index (χ1n) is 5.85. The average Bonchev–Trinajstić information content (AvgIpc) is 2.74. The van der Waals surface area contributed by atoms with E-state index in [0.29, 0.717) is 12.0 Å². The molecule has 1 fully saturated rings. The standard InChI is InChI=1S/C13H21NO/c1-13(2,3)12(15)14(4)11-8-9-5-6-10(11)7-9/h5-6,9-11H,7-8H2,1-4H3/t9-,10-,11-/m1/s1. The minimum atomic E-state index is -0.250. The van der Waals surface area contributed by atoms with E-state index < -0.39 is 0 Å². The molecule has 0 heterocycles. The highest BCUT2D eigenvalue weighted by molar-refractivity contribution is 5.81. The van der Waals surface area contributed by atoms with Crippen molar-refractivity contribution in [2.24, 2.45) is 17.3 Å². The Morgan fingerprint density at radius 2 is 1.93 bits per heavy atom. The van der Waals surface area contributed by atoms with Crippen LogP contribution < -0.4 is 0 Å². The lowest BCUT2D eigenvalue weighted by Crippen LogP contribution is -2.44. The van der Waals surface area contributed by atoms with Crippen LogP contribution >= 0.6 is 0 Å². The Morgan fingerprint density at radius 3 is 2.33 bits per heavy atom. The molecule has 0 aromatic carbocycles. The van der Waals surface area contributed by atoms with Gasteiger partial charge in [0.1, 0.15) is 0 Å². The molecule has 15 heavy (non-hydrogen) atoms. The molecule has 1 saturated carbocycles. The molecule has 0 aliphatic heterocycles. The van der Waals surface area contributed by atoms with E-state index in [1.807, 2.05) is 32.7 Å². The summed E-state index contributed by atoms with van der Waals surface area (Å²) in [4.78, 5) is 14.1. The lowest BCUT2D eigenvalue weighted by atomic mass is 9.92. The van der Waals surface area contributed by atoms with Crippen molar-refractivity contribution in [2.45, 2.75) is 39.7 Å². The summed E-state index contributed by atoms with van der Waals surface area (Å²) >= 11 is 0. The van der Waals surface area contributed by atoms with E-state index in [-0.39, 0.29) is 11.3 Å². The lowest BCUT2D eigenvalue weighted by Gasteiger charge is -2.34. The molecule has 2 nitrogen and oxygen atoms in total. The Kier molecular flexibility index (Phi) is 2.40. The summed E-state index contributed by atoms with van der Waals surface area (Å²) in [7, 11) is 1.97. The maximum absolute atomic E-state index is 12.1. The van der Waals surface area contributed by atoms with Crippen molar-refractivity contribution in [3.8, 4) is 0 Å². The van der Waals surface area contributed by atoms with E-state index >= 15 is 0 Å². The van der Waals surface area contributed by atoms with Crippen LogP contribution in [0.5, 0.6) is 0 Å². The minimum absolute atomic E-state index is 0.250. The molecule has 0 N–H and O–H groups in total. The Balaban J connectivity index is 2.06. The average molecular weight is 207 g/mol. The molecule has 1 amide bonds. The van der Waals surface area contributed by atoms with Crippen LogP contribution in [0.3, 0.4) is 0 Å². The van der Waals surface area contributed by atoms with Gasteiger partial charge in [-0.25, -0.2) is 0 Å². The minimum Gasteiger partial charge on any atom is -0.342 e. The number of fused-ring (bicyclic) bond motifs is 2. The van der Waals surface area contributed by atoms with Gasteiger partial charge in [-0.2, -0.15) is 0 Å². The van der Waals surface area contributed by atoms with Crippen LogP contribution in [0.25, 0.3) is 0 Å². The first-order valence-corrected chi connectivity index (χ1v) is 5.85. The van der Waals surface area contributed by atoms with Gasteiger partial charge in [0.15, 0.2) is 0 Å². The predicted molar refractivity (Wildman–Crippen MR) is 61.4 cm³/mol. The second-order valence-corrected chi connectivity index (χ2v) is 6.01. The molecule has 3 atom stereocenters.